The number of amides is 2. The molecular weight excluding hydrogens is 388 g/mol. The first-order valence-electron chi connectivity index (χ1n) is 9.83. The molecule has 2 aliphatic carbocycles. The second-order valence-corrected chi connectivity index (χ2v) is 9.11. The topological polar surface area (TPSA) is 92.3 Å². The van der Waals surface area contributed by atoms with Crippen molar-refractivity contribution < 1.29 is 18.0 Å². The second kappa shape index (κ2) is 8.78. The lowest BCUT2D eigenvalue weighted by Gasteiger charge is -2.17. The molecule has 7 heteroatoms. The quantitative estimate of drug-likeness (QED) is 0.716. The van der Waals surface area contributed by atoms with Crippen molar-refractivity contribution in [1.29, 1.82) is 0 Å². The lowest BCUT2D eigenvalue weighted by atomic mass is 10.0. The average molecular weight is 415 g/mol. The number of urea groups is 1. The second-order valence-electron chi connectivity index (χ2n) is 7.43. The summed E-state index contributed by atoms with van der Waals surface area (Å²) in [6.45, 7) is 5.53. The number of carbonyl (C=O) groups is 2. The molecule has 0 heterocycles. The van der Waals surface area contributed by atoms with E-state index in [9.17, 15) is 18.0 Å². The molecule has 6 nitrogen and oxygen atoms in total. The van der Waals surface area contributed by atoms with Crippen molar-refractivity contribution in [2.45, 2.75) is 56.8 Å². The molecule has 0 bridgehead atoms. The summed E-state index contributed by atoms with van der Waals surface area (Å²) < 4.78 is 27.2. The summed E-state index contributed by atoms with van der Waals surface area (Å²) in [6, 6.07) is 4.66. The predicted octanol–water partition coefficient (Wildman–Crippen LogP) is 4.37. The number of hydrogen-bond donors (Lipinski definition) is 2. The Labute approximate surface area is 171 Å². The van der Waals surface area contributed by atoms with E-state index in [4.69, 9.17) is 0 Å². The molecular formula is C22H26N2O4S. The first kappa shape index (κ1) is 21.0. The Balaban J connectivity index is 1.80. The van der Waals surface area contributed by atoms with E-state index < -0.39 is 16.1 Å². The van der Waals surface area contributed by atoms with Crippen LogP contribution in [0.3, 0.4) is 0 Å². The zero-order valence-electron chi connectivity index (χ0n) is 16.6. The molecule has 2 amide bonds. The van der Waals surface area contributed by atoms with Crippen LogP contribution in [-0.4, -0.2) is 20.2 Å². The van der Waals surface area contributed by atoms with Crippen molar-refractivity contribution in [1.82, 2.24) is 10.0 Å². The van der Waals surface area contributed by atoms with Gasteiger partial charge in [-0.05, 0) is 80.7 Å². The third-order valence-electron chi connectivity index (χ3n) is 5.28. The summed E-state index contributed by atoms with van der Waals surface area (Å²) >= 11 is 0. The van der Waals surface area contributed by atoms with E-state index in [-0.39, 0.29) is 10.7 Å². The molecule has 0 spiro atoms. The first-order valence-corrected chi connectivity index (χ1v) is 11.3. The zero-order chi connectivity index (χ0) is 21.0. The monoisotopic (exact) mass is 414 g/mol. The fourth-order valence-electron chi connectivity index (χ4n) is 3.73. The third kappa shape index (κ3) is 5.03. The fraction of sp³-hybridized carbons (Fsp3) is 0.364. The molecule has 0 atom stereocenters. The number of carbonyl (C=O) groups excluding carboxylic acids is 2. The summed E-state index contributed by atoms with van der Waals surface area (Å²) in [5.74, 6) is -0.160. The minimum absolute atomic E-state index is 0.0787. The van der Waals surface area contributed by atoms with E-state index in [1.807, 2.05) is 0 Å². The van der Waals surface area contributed by atoms with Crippen LogP contribution in [0.5, 0.6) is 0 Å². The van der Waals surface area contributed by atoms with Gasteiger partial charge in [0, 0.05) is 11.3 Å². The van der Waals surface area contributed by atoms with Gasteiger partial charge in [-0.15, -0.1) is 0 Å². The summed E-state index contributed by atoms with van der Waals surface area (Å²) in [4.78, 5) is 23.8. The number of allylic oxidation sites excluding steroid dienone is 4. The van der Waals surface area contributed by atoms with Crippen molar-refractivity contribution in [3.05, 3.63) is 64.9 Å². The van der Waals surface area contributed by atoms with Crippen molar-refractivity contribution in [2.24, 2.45) is 0 Å². The Morgan fingerprint density at radius 2 is 1.72 bits per heavy atom. The molecule has 3 rings (SSSR count). The van der Waals surface area contributed by atoms with Gasteiger partial charge in [0.15, 0.2) is 5.78 Å². The Bertz CT molecular complexity index is 1000. The molecule has 0 radical (unpaired) electrons. The van der Waals surface area contributed by atoms with Crippen LogP contribution in [0.15, 0.2) is 64.2 Å². The summed E-state index contributed by atoms with van der Waals surface area (Å²) in [5.41, 5.74) is 4.17. The fourth-order valence-corrected chi connectivity index (χ4v) is 4.64. The molecule has 154 valence electrons. The van der Waals surface area contributed by atoms with Gasteiger partial charge in [-0.1, -0.05) is 24.8 Å². The van der Waals surface area contributed by atoms with Crippen LogP contribution in [0.2, 0.25) is 0 Å². The van der Waals surface area contributed by atoms with Gasteiger partial charge in [0.25, 0.3) is 10.0 Å². The van der Waals surface area contributed by atoms with Crippen molar-refractivity contribution in [2.75, 3.05) is 0 Å². The lowest BCUT2D eigenvalue weighted by molar-refractivity contribution is 0.101. The molecule has 1 aromatic rings. The molecule has 0 unspecified atom stereocenters. The van der Waals surface area contributed by atoms with E-state index in [0.29, 0.717) is 11.3 Å². The van der Waals surface area contributed by atoms with E-state index in [1.165, 1.54) is 36.8 Å². The van der Waals surface area contributed by atoms with Gasteiger partial charge < -0.3 is 5.32 Å². The minimum Gasteiger partial charge on any atom is -0.307 e. The normalized spacial score (nSPS) is 21.8. The summed E-state index contributed by atoms with van der Waals surface area (Å²) in [6.07, 6.45) is 8.88. The summed E-state index contributed by atoms with van der Waals surface area (Å²) in [5, 5.41) is 2.75. The highest BCUT2D eigenvalue weighted by atomic mass is 32.2. The molecule has 2 aliphatic rings. The maximum Gasteiger partial charge on any atom is 0.333 e. The maximum atomic E-state index is 12.5. The van der Waals surface area contributed by atoms with Gasteiger partial charge in [0.2, 0.25) is 0 Å². The van der Waals surface area contributed by atoms with Crippen LogP contribution in [-0.2, 0) is 10.0 Å². The Morgan fingerprint density at radius 3 is 2.41 bits per heavy atom. The highest BCUT2D eigenvalue weighted by Crippen LogP contribution is 2.36. The molecule has 0 aliphatic heterocycles. The van der Waals surface area contributed by atoms with Gasteiger partial charge in [-0.2, -0.15) is 0 Å². The molecule has 1 saturated carbocycles. The van der Waals surface area contributed by atoms with Crippen LogP contribution >= 0.6 is 0 Å². The Kier molecular flexibility index (Phi) is 6.37. The molecule has 2 N–H and O–H groups in total. The highest BCUT2D eigenvalue weighted by Gasteiger charge is 2.24. The molecule has 0 aromatic heterocycles. The average Bonchev–Trinajstić information content (AvgIpc) is 3.14. The largest absolute Gasteiger partial charge is 0.333 e. The number of fused-ring (bicyclic) bond motifs is 1. The van der Waals surface area contributed by atoms with Crippen LogP contribution < -0.4 is 10.0 Å². The Hall–Kier alpha value is -2.67. The zero-order valence-corrected chi connectivity index (χ0v) is 17.4. The first-order chi connectivity index (χ1) is 13.8. The van der Waals surface area contributed by atoms with Crippen molar-refractivity contribution >= 4 is 21.8 Å². The SMILES string of the molecule is C=C1CCCC/C=C2/CCC/C2=C/1NC(=O)NS(=O)(=O)c1ccc(C(C)=O)cc1. The van der Waals surface area contributed by atoms with E-state index in [1.54, 1.807) is 0 Å². The van der Waals surface area contributed by atoms with Crippen LogP contribution in [0.4, 0.5) is 4.79 Å². The van der Waals surface area contributed by atoms with Gasteiger partial charge in [0.1, 0.15) is 0 Å². The number of nitrogens with one attached hydrogen (secondary N) is 2. The standard InChI is InChI=1S/C22H26N2O4S/c1-15-7-4-3-5-8-18-9-6-10-20(18)21(15)23-22(26)24-29(27,28)19-13-11-17(12-14-19)16(2)25/h8,11-14H,1,3-7,9-10H2,2H3,(H2,23,24,26)/b18-8-,21-20+. The highest BCUT2D eigenvalue weighted by molar-refractivity contribution is 7.90. The molecule has 1 aromatic carbocycles. The van der Waals surface area contributed by atoms with Crippen LogP contribution in [0, 0.1) is 0 Å². The number of hydrogen-bond acceptors (Lipinski definition) is 4. The number of sulfonamides is 1. The minimum atomic E-state index is -4.06. The van der Waals surface area contributed by atoms with E-state index in [0.717, 1.165) is 56.1 Å². The summed E-state index contributed by atoms with van der Waals surface area (Å²) in [7, 11) is -4.06. The third-order valence-corrected chi connectivity index (χ3v) is 6.62. The number of ketones is 1. The number of rotatable bonds is 4. The van der Waals surface area contributed by atoms with E-state index >= 15 is 0 Å². The van der Waals surface area contributed by atoms with Crippen LogP contribution in [0.25, 0.3) is 0 Å². The van der Waals surface area contributed by atoms with Gasteiger partial charge in [0.05, 0.1) is 4.90 Å². The Morgan fingerprint density at radius 1 is 1.00 bits per heavy atom. The van der Waals surface area contributed by atoms with Crippen molar-refractivity contribution in [3.63, 3.8) is 0 Å². The molecule has 0 saturated heterocycles. The predicted molar refractivity (Wildman–Crippen MR) is 112 cm³/mol. The number of benzene rings is 1. The maximum absolute atomic E-state index is 12.5. The number of Topliss-reactive ketones (excluding diaryl/α,β-unsaturated/α-hetero) is 1. The van der Waals surface area contributed by atoms with Gasteiger partial charge >= 0.3 is 6.03 Å². The van der Waals surface area contributed by atoms with Gasteiger partial charge in [-0.3, -0.25) is 4.79 Å². The smallest absolute Gasteiger partial charge is 0.307 e. The van der Waals surface area contributed by atoms with E-state index in [2.05, 4.69) is 22.7 Å². The van der Waals surface area contributed by atoms with Gasteiger partial charge in [-0.25, -0.2) is 17.9 Å². The molecule has 29 heavy (non-hydrogen) atoms. The van der Waals surface area contributed by atoms with Crippen molar-refractivity contribution in [3.8, 4) is 0 Å². The molecule has 1 fully saturated rings. The lowest BCUT2D eigenvalue weighted by Crippen LogP contribution is -2.39. The van der Waals surface area contributed by atoms with Crippen LogP contribution in [0.1, 0.15) is 62.2 Å².